The molecule has 1 aliphatic heterocycles. The molecule has 0 atom stereocenters. The summed E-state index contributed by atoms with van der Waals surface area (Å²) in [6, 6.07) is 0. The fourth-order valence-electron chi connectivity index (χ4n) is 2.58. The number of nitrogens with zero attached hydrogens (tertiary/aromatic N) is 1. The van der Waals surface area contributed by atoms with Crippen molar-refractivity contribution in [1.29, 1.82) is 0 Å². The van der Waals surface area contributed by atoms with Crippen LogP contribution in [0.2, 0.25) is 0 Å². The highest BCUT2D eigenvalue weighted by molar-refractivity contribution is 5.78. The van der Waals surface area contributed by atoms with Crippen LogP contribution >= 0.6 is 0 Å². The lowest BCUT2D eigenvalue weighted by atomic mass is 9.96. The molecule has 0 aromatic rings. The van der Waals surface area contributed by atoms with Crippen LogP contribution in [0, 0.1) is 5.92 Å². The molecule has 1 aliphatic rings. The van der Waals surface area contributed by atoms with Crippen molar-refractivity contribution in [2.24, 2.45) is 5.92 Å². The van der Waals surface area contributed by atoms with Gasteiger partial charge < -0.3 is 15.5 Å². The number of amides is 2. The van der Waals surface area contributed by atoms with Crippen molar-refractivity contribution in [3.63, 3.8) is 0 Å². The molecule has 20 heavy (non-hydrogen) atoms. The van der Waals surface area contributed by atoms with Crippen molar-refractivity contribution in [1.82, 2.24) is 15.5 Å². The van der Waals surface area contributed by atoms with Gasteiger partial charge in [0.05, 0.1) is 0 Å². The summed E-state index contributed by atoms with van der Waals surface area (Å²) in [5.41, 5.74) is 0. The van der Waals surface area contributed by atoms with Gasteiger partial charge in [-0.2, -0.15) is 0 Å². The minimum atomic E-state index is 0.0460. The highest BCUT2D eigenvalue weighted by Gasteiger charge is 2.22. The quantitative estimate of drug-likeness (QED) is 0.702. The number of carbonyl (C=O) groups excluding carboxylic acids is 2. The first-order chi connectivity index (χ1) is 9.67. The highest BCUT2D eigenvalue weighted by Crippen LogP contribution is 2.17. The molecule has 0 spiro atoms. The van der Waals surface area contributed by atoms with E-state index in [9.17, 15) is 9.59 Å². The fourth-order valence-corrected chi connectivity index (χ4v) is 2.58. The second kappa shape index (κ2) is 9.75. The lowest BCUT2D eigenvalue weighted by molar-refractivity contribution is -0.132. The molecule has 0 radical (unpaired) electrons. The van der Waals surface area contributed by atoms with E-state index in [0.717, 1.165) is 39.0 Å². The number of hydrogen-bond donors (Lipinski definition) is 2. The number of piperidine rings is 1. The molecule has 0 aliphatic carbocycles. The molecule has 2 amide bonds. The van der Waals surface area contributed by atoms with Crippen LogP contribution in [0.25, 0.3) is 0 Å². The third kappa shape index (κ3) is 6.37. The number of rotatable bonds is 8. The number of carbonyl (C=O) groups is 2. The van der Waals surface area contributed by atoms with Crippen LogP contribution in [-0.2, 0) is 9.59 Å². The van der Waals surface area contributed by atoms with Crippen molar-refractivity contribution in [3.8, 4) is 0 Å². The lowest BCUT2D eigenvalue weighted by Crippen LogP contribution is -2.40. The van der Waals surface area contributed by atoms with Gasteiger partial charge in [0.1, 0.15) is 0 Å². The van der Waals surface area contributed by atoms with Gasteiger partial charge in [0.25, 0.3) is 0 Å². The van der Waals surface area contributed by atoms with Crippen molar-refractivity contribution in [2.75, 3.05) is 32.7 Å². The van der Waals surface area contributed by atoms with E-state index in [1.165, 1.54) is 0 Å². The van der Waals surface area contributed by atoms with Crippen LogP contribution in [0.5, 0.6) is 0 Å². The van der Waals surface area contributed by atoms with Crippen LogP contribution in [0.4, 0.5) is 0 Å². The van der Waals surface area contributed by atoms with Gasteiger partial charge >= 0.3 is 0 Å². The summed E-state index contributed by atoms with van der Waals surface area (Å²) in [5.74, 6) is 0.954. The molecular formula is C15H29N3O2. The molecule has 1 rings (SSSR count). The van der Waals surface area contributed by atoms with Gasteiger partial charge in [-0.25, -0.2) is 0 Å². The van der Waals surface area contributed by atoms with E-state index >= 15 is 0 Å². The van der Waals surface area contributed by atoms with E-state index in [0.29, 0.717) is 31.7 Å². The maximum absolute atomic E-state index is 12.0. The van der Waals surface area contributed by atoms with Gasteiger partial charge in [-0.05, 0) is 45.2 Å². The van der Waals surface area contributed by atoms with Gasteiger partial charge in [-0.15, -0.1) is 0 Å². The summed E-state index contributed by atoms with van der Waals surface area (Å²) in [6.07, 6.45) is 3.79. The maximum Gasteiger partial charge on any atom is 0.222 e. The second-order valence-corrected chi connectivity index (χ2v) is 5.44. The van der Waals surface area contributed by atoms with Gasteiger partial charge in [-0.1, -0.05) is 6.92 Å². The minimum absolute atomic E-state index is 0.0460. The molecule has 0 saturated carbocycles. The zero-order valence-corrected chi connectivity index (χ0v) is 12.9. The standard InChI is InChI=1S/C15H29N3O2/c1-3-16-12-13-8-10-18(11-9-13)15(20)7-5-6-14(19)17-4-2/h13,16H,3-12H2,1-2H3,(H,17,19). The maximum atomic E-state index is 12.0. The molecule has 0 unspecified atom stereocenters. The lowest BCUT2D eigenvalue weighted by Gasteiger charge is -2.32. The topological polar surface area (TPSA) is 61.4 Å². The van der Waals surface area contributed by atoms with E-state index in [4.69, 9.17) is 0 Å². The van der Waals surface area contributed by atoms with Crippen molar-refractivity contribution < 1.29 is 9.59 Å². The third-order valence-electron chi connectivity index (χ3n) is 3.82. The van der Waals surface area contributed by atoms with Gasteiger partial charge in [0, 0.05) is 32.5 Å². The Hall–Kier alpha value is -1.10. The molecule has 1 heterocycles. The molecule has 5 heteroatoms. The van der Waals surface area contributed by atoms with Crippen LogP contribution < -0.4 is 10.6 Å². The second-order valence-electron chi connectivity index (χ2n) is 5.44. The molecule has 5 nitrogen and oxygen atoms in total. The van der Waals surface area contributed by atoms with Crippen molar-refractivity contribution in [2.45, 2.75) is 46.0 Å². The Balaban J connectivity index is 2.14. The Kier molecular flexibility index (Phi) is 8.26. The van der Waals surface area contributed by atoms with Crippen LogP contribution in [0.1, 0.15) is 46.0 Å². The van der Waals surface area contributed by atoms with Gasteiger partial charge in [0.15, 0.2) is 0 Å². The SMILES string of the molecule is CCNCC1CCN(C(=O)CCCC(=O)NCC)CC1. The summed E-state index contributed by atoms with van der Waals surface area (Å²) >= 11 is 0. The Bertz CT molecular complexity index is 299. The summed E-state index contributed by atoms with van der Waals surface area (Å²) < 4.78 is 0. The Morgan fingerprint density at radius 3 is 2.40 bits per heavy atom. The summed E-state index contributed by atoms with van der Waals surface area (Å²) in [7, 11) is 0. The van der Waals surface area contributed by atoms with E-state index in [-0.39, 0.29) is 11.8 Å². The predicted molar refractivity (Wildman–Crippen MR) is 80.4 cm³/mol. The molecule has 116 valence electrons. The fraction of sp³-hybridized carbons (Fsp3) is 0.867. The average molecular weight is 283 g/mol. The van der Waals surface area contributed by atoms with Gasteiger partial charge in [0.2, 0.25) is 11.8 Å². The largest absolute Gasteiger partial charge is 0.356 e. The molecule has 1 saturated heterocycles. The Labute approximate surface area is 122 Å². The van der Waals surface area contributed by atoms with Crippen LogP contribution in [-0.4, -0.2) is 49.4 Å². The summed E-state index contributed by atoms with van der Waals surface area (Å²) in [4.78, 5) is 25.3. The van der Waals surface area contributed by atoms with Crippen molar-refractivity contribution in [3.05, 3.63) is 0 Å². The van der Waals surface area contributed by atoms with Crippen molar-refractivity contribution >= 4 is 11.8 Å². The summed E-state index contributed by atoms with van der Waals surface area (Å²) in [5, 5.41) is 6.13. The molecule has 0 aromatic carbocycles. The first kappa shape index (κ1) is 17.0. The van der Waals surface area contributed by atoms with E-state index in [2.05, 4.69) is 17.6 Å². The predicted octanol–water partition coefficient (Wildman–Crippen LogP) is 1.14. The van der Waals surface area contributed by atoms with Crippen LogP contribution in [0.3, 0.4) is 0 Å². The highest BCUT2D eigenvalue weighted by atomic mass is 16.2. The first-order valence-electron chi connectivity index (χ1n) is 7.92. The molecule has 1 fully saturated rings. The smallest absolute Gasteiger partial charge is 0.222 e. The number of nitrogens with one attached hydrogen (secondary N) is 2. The van der Waals surface area contributed by atoms with E-state index in [1.54, 1.807) is 0 Å². The average Bonchev–Trinajstić information content (AvgIpc) is 2.46. The normalized spacial score (nSPS) is 16.2. The van der Waals surface area contributed by atoms with Gasteiger partial charge in [-0.3, -0.25) is 9.59 Å². The summed E-state index contributed by atoms with van der Waals surface area (Å²) in [6.45, 7) is 8.50. The Morgan fingerprint density at radius 2 is 1.80 bits per heavy atom. The molecule has 2 N–H and O–H groups in total. The zero-order chi connectivity index (χ0) is 14.8. The minimum Gasteiger partial charge on any atom is -0.356 e. The molecule has 0 bridgehead atoms. The number of hydrogen-bond acceptors (Lipinski definition) is 3. The molecule has 0 aromatic heterocycles. The third-order valence-corrected chi connectivity index (χ3v) is 3.82. The monoisotopic (exact) mass is 283 g/mol. The van der Waals surface area contributed by atoms with E-state index < -0.39 is 0 Å². The zero-order valence-electron chi connectivity index (χ0n) is 12.9. The van der Waals surface area contributed by atoms with E-state index in [1.807, 2.05) is 11.8 Å². The number of likely N-dealkylation sites (tertiary alicyclic amines) is 1. The Morgan fingerprint density at radius 1 is 1.10 bits per heavy atom. The van der Waals surface area contributed by atoms with Crippen LogP contribution in [0.15, 0.2) is 0 Å². The molecular weight excluding hydrogens is 254 g/mol. The first-order valence-corrected chi connectivity index (χ1v) is 7.92.